The van der Waals surface area contributed by atoms with Gasteiger partial charge in [-0.05, 0) is 57.5 Å². The van der Waals surface area contributed by atoms with Crippen LogP contribution in [-0.4, -0.2) is 59.5 Å². The maximum atomic E-state index is 12.2. The molecule has 1 atom stereocenters. The number of rotatable bonds is 5. The second-order valence-corrected chi connectivity index (χ2v) is 7.08. The number of nitrogens with zero attached hydrogens (tertiary/aromatic N) is 3. The van der Waals surface area contributed by atoms with E-state index in [2.05, 4.69) is 20.1 Å². The second-order valence-electron chi connectivity index (χ2n) is 7.08. The average molecular weight is 330 g/mol. The lowest BCUT2D eigenvalue weighted by Gasteiger charge is -2.38. The van der Waals surface area contributed by atoms with Gasteiger partial charge >= 0.3 is 0 Å². The molecule has 0 aromatic carbocycles. The van der Waals surface area contributed by atoms with Crippen LogP contribution in [0.4, 0.5) is 0 Å². The van der Waals surface area contributed by atoms with Gasteiger partial charge in [-0.1, -0.05) is 18.9 Å². The number of carbonyl (C=O) groups excluding carboxylic acids is 1. The Kier molecular flexibility index (Phi) is 6.61. The van der Waals surface area contributed by atoms with Crippen LogP contribution >= 0.6 is 0 Å². The van der Waals surface area contributed by atoms with Gasteiger partial charge < -0.3 is 5.32 Å². The van der Waals surface area contributed by atoms with Gasteiger partial charge in [0.2, 0.25) is 5.91 Å². The van der Waals surface area contributed by atoms with E-state index in [1.54, 1.807) is 6.20 Å². The van der Waals surface area contributed by atoms with E-state index < -0.39 is 0 Å². The smallest absolute Gasteiger partial charge is 0.234 e. The summed E-state index contributed by atoms with van der Waals surface area (Å²) in [6, 6.07) is 6.42. The van der Waals surface area contributed by atoms with Gasteiger partial charge in [0, 0.05) is 18.8 Å². The van der Waals surface area contributed by atoms with E-state index in [0.717, 1.165) is 18.8 Å². The summed E-state index contributed by atoms with van der Waals surface area (Å²) < 4.78 is 0. The molecule has 1 N–H and O–H groups in total. The third kappa shape index (κ3) is 5.28. The molecule has 0 aliphatic carbocycles. The number of nitrogens with one attached hydrogen (secondary N) is 1. The van der Waals surface area contributed by atoms with E-state index in [-0.39, 0.29) is 5.91 Å². The molecule has 0 radical (unpaired) electrons. The number of hydrogen-bond donors (Lipinski definition) is 1. The number of carbonyl (C=O) groups is 1. The maximum Gasteiger partial charge on any atom is 0.234 e. The minimum absolute atomic E-state index is 0.108. The van der Waals surface area contributed by atoms with E-state index in [9.17, 15) is 4.79 Å². The molecule has 1 aromatic heterocycles. The quantitative estimate of drug-likeness (QED) is 0.897. The molecule has 5 nitrogen and oxygen atoms in total. The van der Waals surface area contributed by atoms with Crippen LogP contribution in [0.5, 0.6) is 0 Å². The molecule has 5 heteroatoms. The van der Waals surface area contributed by atoms with Gasteiger partial charge in [0.1, 0.15) is 0 Å². The molecule has 1 aromatic rings. The lowest BCUT2D eigenvalue weighted by molar-refractivity contribution is -0.122. The third-order valence-corrected chi connectivity index (χ3v) is 5.20. The third-order valence-electron chi connectivity index (χ3n) is 5.20. The summed E-state index contributed by atoms with van der Waals surface area (Å²) >= 11 is 0. The van der Waals surface area contributed by atoms with Gasteiger partial charge in [0.25, 0.3) is 0 Å². The number of pyridine rings is 1. The normalized spacial score (nSPS) is 23.6. The van der Waals surface area contributed by atoms with Crippen LogP contribution in [0.15, 0.2) is 24.4 Å². The molecule has 24 heavy (non-hydrogen) atoms. The zero-order chi connectivity index (χ0) is 16.6. The highest BCUT2D eigenvalue weighted by Crippen LogP contribution is 2.19. The zero-order valence-corrected chi connectivity index (χ0v) is 14.6. The first-order valence-electron chi connectivity index (χ1n) is 9.44. The van der Waals surface area contributed by atoms with Gasteiger partial charge in [0.15, 0.2) is 0 Å². The molecule has 2 saturated heterocycles. The monoisotopic (exact) mass is 330 g/mol. The Balaban J connectivity index is 1.43. The first kappa shape index (κ1) is 17.4. The number of hydrogen-bond acceptors (Lipinski definition) is 4. The molecule has 0 bridgehead atoms. The van der Waals surface area contributed by atoms with E-state index >= 15 is 0 Å². The van der Waals surface area contributed by atoms with Crippen molar-refractivity contribution < 1.29 is 4.79 Å². The first-order valence-corrected chi connectivity index (χ1v) is 9.44. The fraction of sp³-hybridized carbons (Fsp3) is 0.684. The van der Waals surface area contributed by atoms with Crippen molar-refractivity contribution in [3.05, 3.63) is 30.1 Å². The van der Waals surface area contributed by atoms with Gasteiger partial charge in [-0.25, -0.2) is 0 Å². The van der Waals surface area contributed by atoms with Crippen LogP contribution in [-0.2, 0) is 11.3 Å². The molecule has 132 valence electrons. The van der Waals surface area contributed by atoms with E-state index in [4.69, 9.17) is 0 Å². The second kappa shape index (κ2) is 9.14. The van der Waals surface area contributed by atoms with Gasteiger partial charge in [0.05, 0.1) is 18.8 Å². The summed E-state index contributed by atoms with van der Waals surface area (Å²) in [5.41, 5.74) is 0.909. The van der Waals surface area contributed by atoms with Gasteiger partial charge in [-0.3, -0.25) is 19.6 Å². The van der Waals surface area contributed by atoms with Gasteiger partial charge in [-0.15, -0.1) is 0 Å². The minimum atomic E-state index is 0.108. The highest BCUT2D eigenvalue weighted by molar-refractivity contribution is 5.77. The number of piperidine rings is 1. The summed E-state index contributed by atoms with van der Waals surface area (Å²) in [5.74, 6) is 0.108. The van der Waals surface area contributed by atoms with Gasteiger partial charge in [-0.2, -0.15) is 0 Å². The average Bonchev–Trinajstić information content (AvgIpc) is 2.91. The maximum absolute atomic E-state index is 12.2. The molecule has 2 fully saturated rings. The molecular formula is C19H30N4O. The molecule has 2 aliphatic rings. The van der Waals surface area contributed by atoms with E-state index in [0.29, 0.717) is 19.1 Å². The summed E-state index contributed by atoms with van der Waals surface area (Å²) in [4.78, 5) is 21.5. The highest BCUT2D eigenvalue weighted by Gasteiger charge is 2.26. The van der Waals surface area contributed by atoms with Crippen LogP contribution in [0, 0.1) is 0 Å². The van der Waals surface area contributed by atoms with Crippen molar-refractivity contribution in [2.75, 3.05) is 32.7 Å². The van der Waals surface area contributed by atoms with Crippen LogP contribution in [0.25, 0.3) is 0 Å². The van der Waals surface area contributed by atoms with Crippen molar-refractivity contribution >= 4 is 5.91 Å². The van der Waals surface area contributed by atoms with Crippen molar-refractivity contribution in [1.82, 2.24) is 20.1 Å². The van der Waals surface area contributed by atoms with E-state index in [1.807, 2.05) is 18.2 Å². The molecule has 0 spiro atoms. The fourth-order valence-corrected chi connectivity index (χ4v) is 3.88. The number of aromatic nitrogens is 1. The molecule has 0 unspecified atom stereocenters. The SMILES string of the molecule is O=C(CN1CCC[C@H](N2CCCCCC2)C1)NCc1ccccn1. The molecule has 0 saturated carbocycles. The van der Waals surface area contributed by atoms with Crippen molar-refractivity contribution in [2.45, 2.75) is 51.1 Å². The zero-order valence-electron chi connectivity index (χ0n) is 14.6. The summed E-state index contributed by atoms with van der Waals surface area (Å²) in [6.45, 7) is 5.59. The Labute approximate surface area is 145 Å². The van der Waals surface area contributed by atoms with Crippen LogP contribution in [0.3, 0.4) is 0 Å². The molecule has 1 amide bonds. The lowest BCUT2D eigenvalue weighted by atomic mass is 10.0. The molecular weight excluding hydrogens is 300 g/mol. The molecule has 3 heterocycles. The molecule has 2 aliphatic heterocycles. The predicted molar refractivity (Wildman–Crippen MR) is 95.6 cm³/mol. The summed E-state index contributed by atoms with van der Waals surface area (Å²) in [7, 11) is 0. The first-order chi connectivity index (χ1) is 11.8. The summed E-state index contributed by atoms with van der Waals surface area (Å²) in [5, 5.41) is 2.99. The van der Waals surface area contributed by atoms with Crippen LogP contribution in [0.1, 0.15) is 44.2 Å². The Hall–Kier alpha value is -1.46. The topological polar surface area (TPSA) is 48.5 Å². The number of likely N-dealkylation sites (tertiary alicyclic amines) is 2. The van der Waals surface area contributed by atoms with Crippen LogP contribution in [0.2, 0.25) is 0 Å². The fourth-order valence-electron chi connectivity index (χ4n) is 3.88. The Morgan fingerprint density at radius 3 is 2.71 bits per heavy atom. The molecule has 3 rings (SSSR count). The van der Waals surface area contributed by atoms with Crippen LogP contribution < -0.4 is 5.32 Å². The highest BCUT2D eigenvalue weighted by atomic mass is 16.2. The van der Waals surface area contributed by atoms with Crippen molar-refractivity contribution in [1.29, 1.82) is 0 Å². The number of amides is 1. The Morgan fingerprint density at radius 2 is 1.96 bits per heavy atom. The van der Waals surface area contributed by atoms with Crippen molar-refractivity contribution in [3.8, 4) is 0 Å². The predicted octanol–water partition coefficient (Wildman–Crippen LogP) is 2.04. The lowest BCUT2D eigenvalue weighted by Crippen LogP contribution is -2.50. The largest absolute Gasteiger partial charge is 0.349 e. The minimum Gasteiger partial charge on any atom is -0.349 e. The van der Waals surface area contributed by atoms with Crippen molar-refractivity contribution in [2.24, 2.45) is 0 Å². The Bertz CT molecular complexity index is 499. The van der Waals surface area contributed by atoms with E-state index in [1.165, 1.54) is 51.6 Å². The van der Waals surface area contributed by atoms with Crippen molar-refractivity contribution in [3.63, 3.8) is 0 Å². The standard InChI is InChI=1S/C19H30N4O/c24-19(21-14-17-8-3-4-10-20-17)16-22-11-7-9-18(15-22)23-12-5-1-2-6-13-23/h3-4,8,10,18H,1-2,5-7,9,11-16H2,(H,21,24)/t18-/m0/s1. The summed E-state index contributed by atoms with van der Waals surface area (Å²) in [6.07, 6.45) is 9.67. The Morgan fingerprint density at radius 1 is 1.12 bits per heavy atom.